The van der Waals surface area contributed by atoms with Gasteiger partial charge in [0.1, 0.15) is 22.3 Å². The van der Waals surface area contributed by atoms with E-state index in [4.69, 9.17) is 17.1 Å². The van der Waals surface area contributed by atoms with E-state index in [1.807, 2.05) is 0 Å². The molecule has 0 aliphatic carbocycles. The fourth-order valence-corrected chi connectivity index (χ4v) is 29.8. The lowest BCUT2D eigenvalue weighted by molar-refractivity contribution is 0.539. The highest BCUT2D eigenvalue weighted by atomic mass is 28.4. The van der Waals surface area contributed by atoms with Crippen LogP contribution in [0.25, 0.3) is 43.9 Å². The maximum atomic E-state index is 7.90. The Labute approximate surface area is 290 Å². The van der Waals surface area contributed by atoms with Crippen LogP contribution in [0.2, 0.25) is 48.4 Å². The molecule has 0 unspecified atom stereocenters. The van der Waals surface area contributed by atoms with Crippen molar-refractivity contribution in [1.82, 2.24) is 0 Å². The largest absolute Gasteiger partial charge is 0.456 e. The second-order valence-electron chi connectivity index (χ2n) is 14.1. The van der Waals surface area contributed by atoms with Crippen LogP contribution in [0.15, 0.2) is 81.6 Å². The molecular weight excluding hydrogens is 657 g/mol. The smallest absolute Gasteiger partial charge is 0.211 e. The highest BCUT2D eigenvalue weighted by molar-refractivity contribution is 7.00. The molecule has 0 N–H and O–H groups in total. The van der Waals surface area contributed by atoms with Gasteiger partial charge < -0.3 is 17.1 Å². The molecule has 6 aromatic rings. The average Bonchev–Trinajstić information content (AvgIpc) is 3.70. The quantitative estimate of drug-likeness (QED) is 0.148. The van der Waals surface area contributed by atoms with Crippen LogP contribution in [-0.2, 0) is 8.23 Å². The molecule has 0 saturated heterocycles. The van der Waals surface area contributed by atoms with Crippen LogP contribution in [0, 0.1) is 0 Å². The third kappa shape index (κ3) is 4.93. The van der Waals surface area contributed by atoms with E-state index < -0.39 is 33.3 Å². The Kier molecular flexibility index (Phi) is 8.82. The van der Waals surface area contributed by atoms with E-state index in [1.165, 1.54) is 42.3 Å². The minimum absolute atomic E-state index is 0.961. The van der Waals surface area contributed by atoms with E-state index in [0.29, 0.717) is 0 Å². The number of rotatable bonds is 8. The molecule has 3 heterocycles. The monoisotopic (exact) mass is 708 g/mol. The molecular formula is C40H52O4Si4. The second kappa shape index (κ2) is 12.5. The molecule has 7 rings (SSSR count). The summed E-state index contributed by atoms with van der Waals surface area (Å²) in [5, 5.41) is 10.4. The molecule has 252 valence electrons. The van der Waals surface area contributed by atoms with Gasteiger partial charge in [-0.1, -0.05) is 79.7 Å². The molecule has 0 atom stereocenters. The van der Waals surface area contributed by atoms with Crippen LogP contribution in [0.1, 0.15) is 55.4 Å². The van der Waals surface area contributed by atoms with E-state index in [-0.39, 0.29) is 0 Å². The normalized spacial score (nSPS) is 18.3. The Bertz CT molecular complexity index is 1820. The van der Waals surface area contributed by atoms with Gasteiger partial charge in [0.15, 0.2) is 0 Å². The molecule has 0 radical (unpaired) electrons. The van der Waals surface area contributed by atoms with Gasteiger partial charge in [-0.15, -0.1) is 0 Å². The lowest BCUT2D eigenvalue weighted by Crippen LogP contribution is -2.62. The van der Waals surface area contributed by atoms with Crippen LogP contribution < -0.4 is 20.7 Å². The van der Waals surface area contributed by atoms with Crippen molar-refractivity contribution in [3.63, 3.8) is 0 Å². The third-order valence-electron chi connectivity index (χ3n) is 12.4. The zero-order valence-electron chi connectivity index (χ0n) is 30.2. The van der Waals surface area contributed by atoms with Crippen LogP contribution in [-0.4, -0.2) is 33.3 Å². The Morgan fingerprint density at radius 1 is 0.333 bits per heavy atom. The van der Waals surface area contributed by atoms with Crippen molar-refractivity contribution in [3.8, 4) is 0 Å². The predicted octanol–water partition coefficient (Wildman–Crippen LogP) is 10.0. The summed E-state index contributed by atoms with van der Waals surface area (Å²) in [4.78, 5) is 0. The molecule has 0 spiro atoms. The zero-order chi connectivity index (χ0) is 33.9. The van der Waals surface area contributed by atoms with Crippen LogP contribution in [0.5, 0.6) is 0 Å². The summed E-state index contributed by atoms with van der Waals surface area (Å²) < 4.78 is 28.8. The summed E-state index contributed by atoms with van der Waals surface area (Å²) in [6.45, 7) is 18.8. The summed E-state index contributed by atoms with van der Waals surface area (Å²) in [6.07, 6.45) is 0. The Morgan fingerprint density at radius 3 is 0.729 bits per heavy atom. The van der Waals surface area contributed by atoms with Crippen LogP contribution >= 0.6 is 0 Å². The number of fused-ring (bicyclic) bond motifs is 4. The SMILES string of the molecule is CC[Si]1(CC)O[Si](CC)(CC)c2ccc3oc4ccc(cc4c3c2)[Si](CC)(CC)O[Si](CC)(CC)c2ccc3oc4ccc1cc4c3c2. The lowest BCUT2D eigenvalue weighted by atomic mass is 10.1. The Morgan fingerprint density at radius 2 is 0.542 bits per heavy atom. The Balaban J connectivity index is 1.59. The van der Waals surface area contributed by atoms with Crippen molar-refractivity contribution in [1.29, 1.82) is 0 Å². The van der Waals surface area contributed by atoms with Crippen molar-refractivity contribution < 1.29 is 17.1 Å². The topological polar surface area (TPSA) is 44.7 Å². The molecule has 0 fully saturated rings. The van der Waals surface area contributed by atoms with E-state index in [1.54, 1.807) is 0 Å². The van der Waals surface area contributed by atoms with E-state index in [9.17, 15) is 0 Å². The van der Waals surface area contributed by atoms with Gasteiger partial charge in [-0.2, -0.15) is 0 Å². The maximum Gasteiger partial charge on any atom is 0.211 e. The summed E-state index contributed by atoms with van der Waals surface area (Å²) in [5.74, 6) is 0. The summed E-state index contributed by atoms with van der Waals surface area (Å²) >= 11 is 0. The molecule has 0 amide bonds. The van der Waals surface area contributed by atoms with E-state index in [0.717, 1.165) is 70.7 Å². The molecule has 48 heavy (non-hydrogen) atoms. The molecule has 1 aliphatic heterocycles. The average molecular weight is 709 g/mol. The Hall–Kier alpha value is -2.73. The summed E-state index contributed by atoms with van der Waals surface area (Å²) in [5.41, 5.74) is 3.85. The number of furan rings is 2. The van der Waals surface area contributed by atoms with E-state index in [2.05, 4.69) is 128 Å². The van der Waals surface area contributed by atoms with Gasteiger partial charge in [-0.25, -0.2) is 0 Å². The van der Waals surface area contributed by atoms with Gasteiger partial charge in [-0.3, -0.25) is 0 Å². The first-order valence-corrected chi connectivity index (χ1v) is 27.9. The van der Waals surface area contributed by atoms with Gasteiger partial charge in [0.25, 0.3) is 0 Å². The highest BCUT2D eigenvalue weighted by Gasteiger charge is 2.46. The molecule has 4 nitrogen and oxygen atoms in total. The highest BCUT2D eigenvalue weighted by Crippen LogP contribution is 2.36. The first kappa shape index (κ1) is 33.7. The molecule has 8 bridgehead atoms. The molecule has 1 aliphatic rings. The molecule has 0 saturated carbocycles. The standard InChI is InChI=1S/C40H52O4Si4/c1-9-45(10-2)29-17-21-37-33(25-29)34-27-31(19-23-38(34)41-37)47(13-5,14-6)44-48(15-7,16-8)32-20-24-40-36(28-32)35-26-30(18-22-39(35)42-40)46(11-3,12-4)43-45/h17-28H,9-16H2,1-8H3. The molecule has 8 heteroatoms. The van der Waals surface area contributed by atoms with Crippen molar-refractivity contribution in [3.05, 3.63) is 72.8 Å². The minimum Gasteiger partial charge on any atom is -0.456 e. The number of hydrogen-bond donors (Lipinski definition) is 0. The van der Waals surface area contributed by atoms with Gasteiger partial charge >= 0.3 is 0 Å². The number of hydrogen-bond acceptors (Lipinski definition) is 4. The lowest BCUT2D eigenvalue weighted by Gasteiger charge is -2.42. The zero-order valence-corrected chi connectivity index (χ0v) is 34.2. The fraction of sp³-hybridized carbons (Fsp3) is 0.400. The fourth-order valence-electron chi connectivity index (χ4n) is 8.88. The molecule has 2 aromatic heterocycles. The van der Waals surface area contributed by atoms with Crippen molar-refractivity contribution in [2.24, 2.45) is 0 Å². The molecule has 4 aromatic carbocycles. The van der Waals surface area contributed by atoms with Crippen molar-refractivity contribution in [2.75, 3.05) is 0 Å². The first-order valence-electron chi connectivity index (χ1n) is 18.6. The van der Waals surface area contributed by atoms with Gasteiger partial charge in [0, 0.05) is 21.5 Å². The van der Waals surface area contributed by atoms with Crippen LogP contribution in [0.4, 0.5) is 0 Å². The van der Waals surface area contributed by atoms with E-state index >= 15 is 0 Å². The van der Waals surface area contributed by atoms with Gasteiger partial charge in [0.05, 0.1) is 0 Å². The number of benzene rings is 4. The van der Waals surface area contributed by atoms with Crippen molar-refractivity contribution in [2.45, 2.75) is 104 Å². The van der Waals surface area contributed by atoms with Gasteiger partial charge in [0.2, 0.25) is 33.3 Å². The summed E-state index contributed by atoms with van der Waals surface area (Å²) in [7, 11) is -9.47. The third-order valence-corrected chi connectivity index (χ3v) is 33.2. The summed E-state index contributed by atoms with van der Waals surface area (Å²) in [6, 6.07) is 36.3. The van der Waals surface area contributed by atoms with Crippen molar-refractivity contribution >= 4 is 97.9 Å². The second-order valence-corrected chi connectivity index (χ2v) is 31.6. The predicted molar refractivity (Wildman–Crippen MR) is 215 cm³/mol. The maximum absolute atomic E-state index is 7.90. The minimum atomic E-state index is -2.37. The van der Waals surface area contributed by atoms with Gasteiger partial charge in [-0.05, 0) is 118 Å². The first-order chi connectivity index (χ1) is 23.2. The van der Waals surface area contributed by atoms with Crippen LogP contribution in [0.3, 0.4) is 0 Å².